The second-order valence-corrected chi connectivity index (χ2v) is 6.01. The summed E-state index contributed by atoms with van der Waals surface area (Å²) in [5.74, 6) is 0.928. The molecule has 1 aliphatic rings. The predicted octanol–water partition coefficient (Wildman–Crippen LogP) is 3.18. The third-order valence-electron chi connectivity index (χ3n) is 3.67. The van der Waals surface area contributed by atoms with Crippen molar-refractivity contribution in [1.29, 1.82) is 0 Å². The molecule has 0 amide bonds. The zero-order chi connectivity index (χ0) is 16.1. The fourth-order valence-corrected chi connectivity index (χ4v) is 2.55. The highest BCUT2D eigenvalue weighted by atomic mass is 35.5. The van der Waals surface area contributed by atoms with E-state index in [1.54, 1.807) is 12.1 Å². The maximum Gasteiger partial charge on any atom is 0.387 e. The summed E-state index contributed by atoms with van der Waals surface area (Å²) < 4.78 is 35.1. The minimum Gasteiger partial charge on any atom is -0.489 e. The van der Waals surface area contributed by atoms with E-state index in [-0.39, 0.29) is 42.6 Å². The van der Waals surface area contributed by atoms with Crippen molar-refractivity contribution in [2.45, 2.75) is 38.8 Å². The second-order valence-electron chi connectivity index (χ2n) is 6.01. The first kappa shape index (κ1) is 19.9. The quantitative estimate of drug-likeness (QED) is 0.792. The summed E-state index contributed by atoms with van der Waals surface area (Å²) in [5.41, 5.74) is 1.00. The predicted molar refractivity (Wildman–Crippen MR) is 86.9 cm³/mol. The fourth-order valence-electron chi connectivity index (χ4n) is 2.55. The van der Waals surface area contributed by atoms with E-state index < -0.39 is 6.61 Å². The molecular formula is C16H24ClF2NO3. The molecule has 0 radical (unpaired) electrons. The molecule has 2 rings (SSSR count). The number of aliphatic hydroxyl groups is 1. The largest absolute Gasteiger partial charge is 0.489 e. The molecule has 0 aliphatic carbocycles. The molecule has 0 saturated carbocycles. The maximum absolute atomic E-state index is 12.5. The summed E-state index contributed by atoms with van der Waals surface area (Å²) in [6.45, 7) is 2.39. The van der Waals surface area contributed by atoms with E-state index in [1.807, 2.05) is 13.8 Å². The number of rotatable bonds is 7. The van der Waals surface area contributed by atoms with Crippen LogP contribution in [-0.4, -0.2) is 37.5 Å². The molecule has 132 valence electrons. The number of alkyl halides is 2. The second kappa shape index (κ2) is 9.25. The van der Waals surface area contributed by atoms with Crippen molar-refractivity contribution < 1.29 is 23.4 Å². The van der Waals surface area contributed by atoms with Crippen LogP contribution in [0, 0.1) is 5.92 Å². The van der Waals surface area contributed by atoms with Gasteiger partial charge < -0.3 is 19.9 Å². The third-order valence-corrected chi connectivity index (χ3v) is 3.67. The van der Waals surface area contributed by atoms with E-state index >= 15 is 0 Å². The summed E-state index contributed by atoms with van der Waals surface area (Å²) in [4.78, 5) is 0. The molecule has 1 heterocycles. The highest BCUT2D eigenvalue weighted by Gasteiger charge is 2.25. The van der Waals surface area contributed by atoms with E-state index in [0.717, 1.165) is 18.5 Å². The summed E-state index contributed by atoms with van der Waals surface area (Å²) >= 11 is 0. The van der Waals surface area contributed by atoms with Crippen molar-refractivity contribution in [2.24, 2.45) is 5.92 Å². The van der Waals surface area contributed by atoms with Gasteiger partial charge in [-0.1, -0.05) is 19.9 Å². The Hall–Kier alpha value is -1.11. The van der Waals surface area contributed by atoms with E-state index in [2.05, 4.69) is 10.1 Å². The molecule has 1 aromatic rings. The number of hydrogen-bond acceptors (Lipinski definition) is 4. The zero-order valence-electron chi connectivity index (χ0n) is 13.3. The molecule has 1 aliphatic heterocycles. The SMILES string of the molecule is CC(C)COc1cc([C@H]2CN[C@@H](CO)C2)ccc1OC(F)F.Cl. The lowest BCUT2D eigenvalue weighted by Crippen LogP contribution is -2.24. The Morgan fingerprint density at radius 3 is 2.61 bits per heavy atom. The van der Waals surface area contributed by atoms with Crippen molar-refractivity contribution in [3.63, 3.8) is 0 Å². The first-order valence-electron chi connectivity index (χ1n) is 7.55. The molecule has 1 saturated heterocycles. The minimum absolute atomic E-state index is 0. The first-order valence-corrected chi connectivity index (χ1v) is 7.55. The summed E-state index contributed by atoms with van der Waals surface area (Å²) in [7, 11) is 0. The van der Waals surface area contributed by atoms with Gasteiger partial charge in [0.25, 0.3) is 0 Å². The number of aliphatic hydroxyl groups excluding tert-OH is 1. The van der Waals surface area contributed by atoms with Gasteiger partial charge in [-0.2, -0.15) is 8.78 Å². The average Bonchev–Trinajstić information content (AvgIpc) is 2.94. The minimum atomic E-state index is -2.88. The third kappa shape index (κ3) is 5.79. The van der Waals surface area contributed by atoms with Gasteiger partial charge in [0.2, 0.25) is 0 Å². The van der Waals surface area contributed by atoms with Crippen LogP contribution in [0.5, 0.6) is 11.5 Å². The monoisotopic (exact) mass is 351 g/mol. The highest BCUT2D eigenvalue weighted by molar-refractivity contribution is 5.85. The lowest BCUT2D eigenvalue weighted by atomic mass is 9.96. The van der Waals surface area contributed by atoms with Gasteiger partial charge in [-0.25, -0.2) is 0 Å². The summed E-state index contributed by atoms with van der Waals surface area (Å²) in [6.07, 6.45) is 0.815. The van der Waals surface area contributed by atoms with E-state index in [0.29, 0.717) is 12.4 Å². The van der Waals surface area contributed by atoms with E-state index in [4.69, 9.17) is 4.74 Å². The number of halogens is 3. The number of ether oxygens (including phenoxy) is 2. The lowest BCUT2D eigenvalue weighted by Gasteiger charge is -2.17. The van der Waals surface area contributed by atoms with Gasteiger partial charge in [-0.15, -0.1) is 12.4 Å². The van der Waals surface area contributed by atoms with Crippen LogP contribution >= 0.6 is 12.4 Å². The van der Waals surface area contributed by atoms with Crippen LogP contribution in [0.1, 0.15) is 31.7 Å². The van der Waals surface area contributed by atoms with Crippen molar-refractivity contribution >= 4 is 12.4 Å². The Bertz CT molecular complexity index is 488. The van der Waals surface area contributed by atoms with Crippen LogP contribution in [0.3, 0.4) is 0 Å². The van der Waals surface area contributed by atoms with Crippen molar-refractivity contribution in [1.82, 2.24) is 5.32 Å². The van der Waals surface area contributed by atoms with Gasteiger partial charge >= 0.3 is 6.61 Å². The zero-order valence-corrected chi connectivity index (χ0v) is 14.1. The van der Waals surface area contributed by atoms with Crippen LogP contribution in [0.4, 0.5) is 8.78 Å². The summed E-state index contributed by atoms with van der Waals surface area (Å²) in [5, 5.41) is 12.4. The van der Waals surface area contributed by atoms with Gasteiger partial charge in [-0.05, 0) is 36.0 Å². The first-order chi connectivity index (χ1) is 10.5. The molecular weight excluding hydrogens is 328 g/mol. The molecule has 0 unspecified atom stereocenters. The normalized spacial score (nSPS) is 20.7. The molecule has 2 N–H and O–H groups in total. The van der Waals surface area contributed by atoms with Gasteiger partial charge in [0.05, 0.1) is 13.2 Å². The average molecular weight is 352 g/mol. The molecule has 7 heteroatoms. The van der Waals surface area contributed by atoms with Gasteiger partial charge in [0.1, 0.15) is 0 Å². The van der Waals surface area contributed by atoms with Crippen LogP contribution in [0.15, 0.2) is 18.2 Å². The van der Waals surface area contributed by atoms with Crippen LogP contribution in [0.2, 0.25) is 0 Å². The number of hydrogen-bond donors (Lipinski definition) is 2. The van der Waals surface area contributed by atoms with Crippen molar-refractivity contribution in [2.75, 3.05) is 19.8 Å². The molecule has 2 atom stereocenters. The van der Waals surface area contributed by atoms with Gasteiger partial charge in [0.15, 0.2) is 11.5 Å². The molecule has 4 nitrogen and oxygen atoms in total. The van der Waals surface area contributed by atoms with E-state index in [1.165, 1.54) is 6.07 Å². The fraction of sp³-hybridized carbons (Fsp3) is 0.625. The Kier molecular flexibility index (Phi) is 8.02. The lowest BCUT2D eigenvalue weighted by molar-refractivity contribution is -0.0516. The number of benzene rings is 1. The highest BCUT2D eigenvalue weighted by Crippen LogP contribution is 2.35. The van der Waals surface area contributed by atoms with Gasteiger partial charge in [-0.3, -0.25) is 0 Å². The van der Waals surface area contributed by atoms with Crippen LogP contribution in [-0.2, 0) is 0 Å². The topological polar surface area (TPSA) is 50.7 Å². The summed E-state index contributed by atoms with van der Waals surface area (Å²) in [6, 6.07) is 5.17. The van der Waals surface area contributed by atoms with Crippen LogP contribution < -0.4 is 14.8 Å². The Morgan fingerprint density at radius 2 is 2.04 bits per heavy atom. The van der Waals surface area contributed by atoms with Crippen molar-refractivity contribution in [3.05, 3.63) is 23.8 Å². The smallest absolute Gasteiger partial charge is 0.387 e. The molecule has 0 bridgehead atoms. The maximum atomic E-state index is 12.5. The van der Waals surface area contributed by atoms with Crippen molar-refractivity contribution in [3.8, 4) is 11.5 Å². The molecule has 0 aromatic heterocycles. The molecule has 1 fully saturated rings. The van der Waals surface area contributed by atoms with Crippen LogP contribution in [0.25, 0.3) is 0 Å². The number of nitrogens with one attached hydrogen (secondary N) is 1. The Labute approximate surface area is 141 Å². The van der Waals surface area contributed by atoms with E-state index in [9.17, 15) is 13.9 Å². The Morgan fingerprint density at radius 1 is 1.30 bits per heavy atom. The standard InChI is InChI=1S/C16H23F2NO3.ClH/c1-10(2)9-21-15-6-11(3-4-14(15)22-16(17)18)12-5-13(8-20)19-7-12;/h3-4,6,10,12-13,16,19-20H,5,7-9H2,1-2H3;1H/t12-,13-;/m1./s1. The van der Waals surface area contributed by atoms with Gasteiger partial charge in [0, 0.05) is 12.6 Å². The molecule has 23 heavy (non-hydrogen) atoms. The molecule has 0 spiro atoms. The molecule has 1 aromatic carbocycles. The Balaban J connectivity index is 0.00000264.